The van der Waals surface area contributed by atoms with Crippen LogP contribution in [0.4, 0.5) is 0 Å². The molecule has 0 N–H and O–H groups in total. The van der Waals surface area contributed by atoms with Gasteiger partial charge in [-0.25, -0.2) is 0 Å². The molecule has 0 heterocycles. The molecule has 0 spiro atoms. The quantitative estimate of drug-likeness (QED) is 0.474. The van der Waals surface area contributed by atoms with Gasteiger partial charge in [-0.05, 0) is 34.1 Å². The van der Waals surface area contributed by atoms with E-state index in [4.69, 9.17) is 4.74 Å². The number of rotatable bonds is 8. The van der Waals surface area contributed by atoms with Gasteiger partial charge in [0.25, 0.3) is 0 Å². The van der Waals surface area contributed by atoms with E-state index >= 15 is 0 Å². The molecule has 0 aliphatic carbocycles. The van der Waals surface area contributed by atoms with E-state index in [9.17, 15) is 4.79 Å². The van der Waals surface area contributed by atoms with Crippen molar-refractivity contribution in [1.82, 2.24) is 0 Å². The first-order valence-electron chi connectivity index (χ1n) is 6.14. The highest BCUT2D eigenvalue weighted by Gasteiger charge is 2.30. The lowest BCUT2D eigenvalue weighted by Gasteiger charge is -2.23. The third-order valence-corrected chi connectivity index (χ3v) is 8.62. The van der Waals surface area contributed by atoms with Gasteiger partial charge < -0.3 is 4.74 Å². The van der Waals surface area contributed by atoms with Gasteiger partial charge in [0.1, 0.15) is 0 Å². The van der Waals surface area contributed by atoms with Crippen LogP contribution < -0.4 is 0 Å². The van der Waals surface area contributed by atoms with Gasteiger partial charge in [0.15, 0.2) is 0 Å². The van der Waals surface area contributed by atoms with Crippen LogP contribution >= 0.6 is 7.26 Å². The Balaban J connectivity index is 3.85. The third-order valence-electron chi connectivity index (χ3n) is 3.33. The van der Waals surface area contributed by atoms with Crippen LogP contribution in [-0.4, -0.2) is 37.2 Å². The van der Waals surface area contributed by atoms with Crippen LogP contribution in [-0.2, 0) is 9.53 Å². The van der Waals surface area contributed by atoms with Gasteiger partial charge in [0, 0.05) is 13.7 Å². The summed E-state index contributed by atoms with van der Waals surface area (Å²) in [5.41, 5.74) is 0. The second-order valence-corrected chi connectivity index (χ2v) is 8.95. The Bertz CT molecular complexity index is 168. The number of carbonyl (C=O) groups excluding carboxylic acids is 1. The van der Waals surface area contributed by atoms with Crippen molar-refractivity contribution in [2.45, 2.75) is 40.5 Å². The predicted octanol–water partition coefficient (Wildman–Crippen LogP) is 3.41. The van der Waals surface area contributed by atoms with Crippen LogP contribution in [0.25, 0.3) is 0 Å². The van der Waals surface area contributed by atoms with Gasteiger partial charge >= 0.3 is 5.97 Å². The van der Waals surface area contributed by atoms with E-state index in [0.717, 1.165) is 6.42 Å². The second kappa shape index (κ2) is 8.10. The highest BCUT2D eigenvalue weighted by Crippen LogP contribution is 2.58. The fourth-order valence-electron chi connectivity index (χ4n) is 1.94. The number of hydrogen-bond donors (Lipinski definition) is 0. The molecule has 0 unspecified atom stereocenters. The summed E-state index contributed by atoms with van der Waals surface area (Å²) in [4.78, 5) is 11.2. The first-order chi connectivity index (χ1) is 7.14. The lowest BCUT2D eigenvalue weighted by molar-refractivity contribution is -0.143. The zero-order valence-electron chi connectivity index (χ0n) is 10.7. The van der Waals surface area contributed by atoms with E-state index in [1.165, 1.54) is 24.6 Å². The summed E-state index contributed by atoms with van der Waals surface area (Å²) >= 11 is 0. The molecule has 0 radical (unpaired) electrons. The topological polar surface area (TPSA) is 26.3 Å². The monoisotopic (exact) mass is 233 g/mol. The van der Waals surface area contributed by atoms with E-state index in [0.29, 0.717) is 13.0 Å². The fraction of sp³-hybridized carbons (Fsp3) is 0.917. The van der Waals surface area contributed by atoms with Crippen LogP contribution in [0.15, 0.2) is 0 Å². The van der Waals surface area contributed by atoms with Crippen LogP contribution in [0.5, 0.6) is 0 Å². The van der Waals surface area contributed by atoms with Gasteiger partial charge in [-0.3, -0.25) is 4.79 Å². The normalized spacial score (nSPS) is 11.5. The highest BCUT2D eigenvalue weighted by atomic mass is 31.2. The molecule has 0 aliphatic heterocycles. The lowest BCUT2D eigenvalue weighted by Crippen LogP contribution is -2.10. The molecule has 0 aromatic heterocycles. The molecule has 90 valence electrons. The first kappa shape index (κ1) is 14.9. The van der Waals surface area contributed by atoms with Crippen molar-refractivity contribution in [1.29, 1.82) is 0 Å². The molecule has 0 aromatic rings. The van der Waals surface area contributed by atoms with Gasteiger partial charge in [-0.2, -0.15) is 0 Å². The zero-order valence-corrected chi connectivity index (χ0v) is 11.6. The smallest absolute Gasteiger partial charge is 0.305 e. The van der Waals surface area contributed by atoms with Gasteiger partial charge in [-0.1, -0.05) is 0 Å². The van der Waals surface area contributed by atoms with E-state index in [2.05, 4.69) is 20.8 Å². The summed E-state index contributed by atoms with van der Waals surface area (Å²) < 4.78 is 4.93. The van der Waals surface area contributed by atoms with E-state index in [1.54, 1.807) is 0 Å². The summed E-state index contributed by atoms with van der Waals surface area (Å²) in [5, 5.41) is 0. The summed E-state index contributed by atoms with van der Waals surface area (Å²) in [7, 11) is -0.722. The highest BCUT2D eigenvalue weighted by molar-refractivity contribution is 7.75. The maximum Gasteiger partial charge on any atom is 0.305 e. The molecule has 2 nitrogen and oxygen atoms in total. The minimum atomic E-state index is -0.722. The van der Waals surface area contributed by atoms with Crippen LogP contribution in [0.2, 0.25) is 0 Å². The predicted molar refractivity (Wildman–Crippen MR) is 69.3 cm³/mol. The van der Waals surface area contributed by atoms with Crippen molar-refractivity contribution < 1.29 is 9.53 Å². The summed E-state index contributed by atoms with van der Waals surface area (Å²) in [6, 6.07) is 0. The molecule has 0 saturated carbocycles. The Morgan fingerprint density at radius 1 is 1.07 bits per heavy atom. The van der Waals surface area contributed by atoms with Crippen molar-refractivity contribution in [2.24, 2.45) is 0 Å². The first-order valence-corrected chi connectivity index (χ1v) is 8.67. The number of hydrogen-bond acceptors (Lipinski definition) is 2. The minimum absolute atomic E-state index is 0.0288. The average molecular weight is 233 g/mol. The Kier molecular flexibility index (Phi) is 8.04. The van der Waals surface area contributed by atoms with Crippen LogP contribution in [0, 0.1) is 0 Å². The van der Waals surface area contributed by atoms with Crippen LogP contribution in [0.1, 0.15) is 40.5 Å². The molecule has 3 heteroatoms. The third kappa shape index (κ3) is 5.51. The molecule has 0 amide bonds. The summed E-state index contributed by atoms with van der Waals surface area (Å²) in [5.74, 6) is -0.0288. The fourth-order valence-corrected chi connectivity index (χ4v) is 5.06. The van der Waals surface area contributed by atoms with Crippen LogP contribution in [0.3, 0.4) is 0 Å². The Labute approximate surface area is 95.1 Å². The van der Waals surface area contributed by atoms with Gasteiger partial charge in [0.05, 0.1) is 31.3 Å². The number of carbonyl (C=O) groups is 1. The minimum Gasteiger partial charge on any atom is -0.466 e. The molecule has 0 fully saturated rings. The Morgan fingerprint density at radius 3 is 2.00 bits per heavy atom. The molecule has 0 bridgehead atoms. The molecule has 0 aliphatic rings. The van der Waals surface area contributed by atoms with Gasteiger partial charge in [-0.15, -0.1) is 0 Å². The second-order valence-electron chi connectivity index (χ2n) is 3.92. The number of ether oxygens (including phenoxy) is 1. The van der Waals surface area contributed by atoms with Crippen molar-refractivity contribution in [3.8, 4) is 0 Å². The lowest BCUT2D eigenvalue weighted by atomic mass is 10.3. The zero-order chi connectivity index (χ0) is 11.7. The van der Waals surface area contributed by atoms with Gasteiger partial charge in [0.2, 0.25) is 0 Å². The Hall–Kier alpha value is -0.100. The van der Waals surface area contributed by atoms with E-state index in [1.807, 2.05) is 6.92 Å². The summed E-state index contributed by atoms with van der Waals surface area (Å²) in [6.07, 6.45) is 6.85. The average Bonchev–Trinajstić information content (AvgIpc) is 2.25. The molecule has 0 aromatic carbocycles. The maximum absolute atomic E-state index is 11.2. The SMILES string of the molecule is CCOC(=O)CCC[P+](CC)(CC)CC. The standard InChI is InChI=1S/C12H26O2P/c1-5-14-12(13)10-9-11-15(6-2,7-3)8-4/h5-11H2,1-4H3/q+1. The van der Waals surface area contributed by atoms with Crippen molar-refractivity contribution in [3.63, 3.8) is 0 Å². The molecule has 0 rings (SSSR count). The summed E-state index contributed by atoms with van der Waals surface area (Å²) in [6.45, 7) is 9.26. The van der Waals surface area contributed by atoms with Crippen molar-refractivity contribution in [3.05, 3.63) is 0 Å². The van der Waals surface area contributed by atoms with E-state index < -0.39 is 7.26 Å². The molecular formula is C12H26O2P+. The van der Waals surface area contributed by atoms with E-state index in [-0.39, 0.29) is 5.97 Å². The molecule has 15 heavy (non-hydrogen) atoms. The Morgan fingerprint density at radius 2 is 1.60 bits per heavy atom. The largest absolute Gasteiger partial charge is 0.466 e. The maximum atomic E-state index is 11.2. The molecule has 0 saturated heterocycles. The number of esters is 1. The van der Waals surface area contributed by atoms with Crippen molar-refractivity contribution >= 4 is 13.2 Å². The van der Waals surface area contributed by atoms with Crippen molar-refractivity contribution in [2.75, 3.05) is 31.3 Å². The molecular weight excluding hydrogens is 207 g/mol. The molecule has 0 atom stereocenters.